The molecule has 0 aliphatic rings. The molecular formula is C15H18N4O. The van der Waals surface area contributed by atoms with E-state index in [0.29, 0.717) is 5.56 Å². The number of carbonyl (C=O) groups is 1. The van der Waals surface area contributed by atoms with Crippen molar-refractivity contribution in [2.24, 2.45) is 0 Å². The van der Waals surface area contributed by atoms with Crippen LogP contribution in [0.3, 0.4) is 0 Å². The summed E-state index contributed by atoms with van der Waals surface area (Å²) in [4.78, 5) is 22.2. The Labute approximate surface area is 118 Å². The number of aromatic nitrogens is 2. The highest BCUT2D eigenvalue weighted by atomic mass is 16.2. The van der Waals surface area contributed by atoms with Crippen molar-refractivity contribution in [3.8, 4) is 0 Å². The first-order valence-electron chi connectivity index (χ1n) is 6.60. The Bertz CT molecular complexity index is 571. The number of carbonyl (C=O) groups excluding carboxylic acids is 1. The van der Waals surface area contributed by atoms with Gasteiger partial charge in [0, 0.05) is 43.4 Å². The molecule has 0 aliphatic carbocycles. The summed E-state index contributed by atoms with van der Waals surface area (Å²) in [5.74, 6) is 0.652. The molecule has 0 saturated carbocycles. The van der Waals surface area contributed by atoms with Gasteiger partial charge in [-0.1, -0.05) is 6.92 Å². The Hall–Kier alpha value is -2.43. The second-order valence-electron chi connectivity index (χ2n) is 4.43. The molecule has 0 radical (unpaired) electrons. The van der Waals surface area contributed by atoms with E-state index in [1.165, 1.54) is 0 Å². The molecule has 2 aromatic rings. The number of amides is 1. The maximum atomic E-state index is 12.4. The number of anilines is 2. The Kier molecular flexibility index (Phi) is 4.65. The van der Waals surface area contributed by atoms with E-state index in [-0.39, 0.29) is 5.91 Å². The van der Waals surface area contributed by atoms with Crippen LogP contribution in [-0.4, -0.2) is 29.5 Å². The van der Waals surface area contributed by atoms with Gasteiger partial charge in [-0.15, -0.1) is 0 Å². The minimum atomic E-state index is -0.0712. The van der Waals surface area contributed by atoms with Gasteiger partial charge in [0.1, 0.15) is 5.82 Å². The minimum Gasteiger partial charge on any atom is -0.370 e. The average Bonchev–Trinajstić information content (AvgIpc) is 2.52. The lowest BCUT2D eigenvalue weighted by molar-refractivity contribution is 0.0993. The van der Waals surface area contributed by atoms with Gasteiger partial charge in [-0.25, -0.2) is 4.98 Å². The molecule has 2 aromatic heterocycles. The molecule has 0 spiro atoms. The van der Waals surface area contributed by atoms with Gasteiger partial charge < -0.3 is 10.2 Å². The topological polar surface area (TPSA) is 58.1 Å². The fourth-order valence-electron chi connectivity index (χ4n) is 1.79. The number of hydrogen-bond acceptors (Lipinski definition) is 4. The summed E-state index contributed by atoms with van der Waals surface area (Å²) in [6, 6.07) is 7.09. The van der Waals surface area contributed by atoms with Crippen molar-refractivity contribution in [3.63, 3.8) is 0 Å². The Morgan fingerprint density at radius 2 is 2.00 bits per heavy atom. The molecule has 0 atom stereocenters. The van der Waals surface area contributed by atoms with Crippen molar-refractivity contribution in [2.75, 3.05) is 23.8 Å². The van der Waals surface area contributed by atoms with Crippen molar-refractivity contribution < 1.29 is 4.79 Å². The largest absolute Gasteiger partial charge is 0.370 e. The number of nitrogens with one attached hydrogen (secondary N) is 1. The van der Waals surface area contributed by atoms with E-state index in [0.717, 1.165) is 24.5 Å². The maximum absolute atomic E-state index is 12.4. The third kappa shape index (κ3) is 3.32. The molecule has 1 amide bonds. The van der Waals surface area contributed by atoms with E-state index in [1.54, 1.807) is 54.8 Å². The first-order valence-corrected chi connectivity index (χ1v) is 6.60. The molecule has 5 heteroatoms. The van der Waals surface area contributed by atoms with Crippen LogP contribution in [0.2, 0.25) is 0 Å². The van der Waals surface area contributed by atoms with Gasteiger partial charge in [0.25, 0.3) is 5.91 Å². The first-order chi connectivity index (χ1) is 9.72. The summed E-state index contributed by atoms with van der Waals surface area (Å²) >= 11 is 0. The van der Waals surface area contributed by atoms with E-state index in [2.05, 4.69) is 22.2 Å². The third-order valence-electron chi connectivity index (χ3n) is 2.92. The predicted octanol–water partition coefficient (Wildman–Crippen LogP) is 2.58. The SMILES string of the molecule is CCCNc1cc(C(=O)N(C)c2ccncc2)ccn1. The van der Waals surface area contributed by atoms with E-state index in [4.69, 9.17) is 0 Å². The number of hydrogen-bond donors (Lipinski definition) is 1. The molecule has 0 aliphatic heterocycles. The molecule has 1 N–H and O–H groups in total. The molecule has 0 fully saturated rings. The van der Waals surface area contributed by atoms with E-state index in [1.807, 2.05) is 0 Å². The van der Waals surface area contributed by atoms with Gasteiger partial charge in [-0.3, -0.25) is 9.78 Å². The molecule has 0 bridgehead atoms. The van der Waals surface area contributed by atoms with Crippen molar-refractivity contribution in [1.82, 2.24) is 9.97 Å². The van der Waals surface area contributed by atoms with E-state index in [9.17, 15) is 4.79 Å². The second-order valence-corrected chi connectivity index (χ2v) is 4.43. The van der Waals surface area contributed by atoms with Gasteiger partial charge in [-0.2, -0.15) is 0 Å². The zero-order chi connectivity index (χ0) is 14.4. The van der Waals surface area contributed by atoms with Crippen LogP contribution in [0, 0.1) is 0 Å². The fourth-order valence-corrected chi connectivity index (χ4v) is 1.79. The van der Waals surface area contributed by atoms with Gasteiger partial charge >= 0.3 is 0 Å². The lowest BCUT2D eigenvalue weighted by Gasteiger charge is -2.17. The summed E-state index contributed by atoms with van der Waals surface area (Å²) in [5, 5.41) is 3.18. The monoisotopic (exact) mass is 270 g/mol. The zero-order valence-corrected chi connectivity index (χ0v) is 11.7. The van der Waals surface area contributed by atoms with Crippen molar-refractivity contribution >= 4 is 17.4 Å². The number of pyridine rings is 2. The third-order valence-corrected chi connectivity index (χ3v) is 2.92. The van der Waals surface area contributed by atoms with Crippen molar-refractivity contribution in [2.45, 2.75) is 13.3 Å². The minimum absolute atomic E-state index is 0.0712. The van der Waals surface area contributed by atoms with Crippen LogP contribution in [-0.2, 0) is 0 Å². The van der Waals surface area contributed by atoms with Gasteiger partial charge in [-0.05, 0) is 30.7 Å². The van der Waals surface area contributed by atoms with Gasteiger partial charge in [0.15, 0.2) is 0 Å². The van der Waals surface area contributed by atoms with Crippen LogP contribution >= 0.6 is 0 Å². The van der Waals surface area contributed by atoms with Crippen molar-refractivity contribution in [1.29, 1.82) is 0 Å². The van der Waals surface area contributed by atoms with Crippen molar-refractivity contribution in [3.05, 3.63) is 48.4 Å². The lowest BCUT2D eigenvalue weighted by Crippen LogP contribution is -2.26. The molecule has 2 rings (SSSR count). The molecular weight excluding hydrogens is 252 g/mol. The van der Waals surface area contributed by atoms with Crippen LogP contribution in [0.15, 0.2) is 42.9 Å². The van der Waals surface area contributed by atoms with Crippen LogP contribution in [0.1, 0.15) is 23.7 Å². The maximum Gasteiger partial charge on any atom is 0.258 e. The van der Waals surface area contributed by atoms with Gasteiger partial charge in [0.05, 0.1) is 0 Å². The summed E-state index contributed by atoms with van der Waals surface area (Å²) in [6.07, 6.45) is 5.99. The molecule has 104 valence electrons. The van der Waals surface area contributed by atoms with Crippen LogP contribution in [0.25, 0.3) is 0 Å². The highest BCUT2D eigenvalue weighted by Gasteiger charge is 2.13. The molecule has 20 heavy (non-hydrogen) atoms. The Morgan fingerprint density at radius 3 is 2.70 bits per heavy atom. The zero-order valence-electron chi connectivity index (χ0n) is 11.7. The van der Waals surface area contributed by atoms with Crippen LogP contribution in [0.5, 0.6) is 0 Å². The van der Waals surface area contributed by atoms with Crippen LogP contribution < -0.4 is 10.2 Å². The quantitative estimate of drug-likeness (QED) is 0.907. The standard InChI is InChI=1S/C15H18N4O/c1-3-7-17-14-11-12(4-10-18-14)15(20)19(2)13-5-8-16-9-6-13/h4-6,8-11H,3,7H2,1-2H3,(H,17,18). The molecule has 2 heterocycles. The number of rotatable bonds is 5. The fraction of sp³-hybridized carbons (Fsp3) is 0.267. The highest BCUT2D eigenvalue weighted by Crippen LogP contribution is 2.15. The first kappa shape index (κ1) is 14.0. The molecule has 0 unspecified atom stereocenters. The molecule has 0 aromatic carbocycles. The smallest absolute Gasteiger partial charge is 0.258 e. The Balaban J connectivity index is 2.16. The summed E-state index contributed by atoms with van der Waals surface area (Å²) in [6.45, 7) is 2.92. The lowest BCUT2D eigenvalue weighted by atomic mass is 10.2. The predicted molar refractivity (Wildman–Crippen MR) is 80.0 cm³/mol. The molecule has 0 saturated heterocycles. The molecule has 5 nitrogen and oxygen atoms in total. The normalized spacial score (nSPS) is 10.1. The van der Waals surface area contributed by atoms with E-state index >= 15 is 0 Å². The second kappa shape index (κ2) is 6.65. The average molecular weight is 270 g/mol. The highest BCUT2D eigenvalue weighted by molar-refractivity contribution is 6.06. The van der Waals surface area contributed by atoms with Crippen LogP contribution in [0.4, 0.5) is 11.5 Å². The van der Waals surface area contributed by atoms with E-state index < -0.39 is 0 Å². The number of nitrogens with zero attached hydrogens (tertiary/aromatic N) is 3. The summed E-state index contributed by atoms with van der Waals surface area (Å²) in [5.41, 5.74) is 1.42. The summed E-state index contributed by atoms with van der Waals surface area (Å²) in [7, 11) is 1.75. The Morgan fingerprint density at radius 1 is 1.25 bits per heavy atom. The van der Waals surface area contributed by atoms with Gasteiger partial charge in [0.2, 0.25) is 0 Å². The summed E-state index contributed by atoms with van der Waals surface area (Å²) < 4.78 is 0.